The van der Waals surface area contributed by atoms with E-state index in [1.54, 1.807) is 31.2 Å². The van der Waals surface area contributed by atoms with Gasteiger partial charge >= 0.3 is 0 Å². The van der Waals surface area contributed by atoms with Crippen molar-refractivity contribution in [1.29, 1.82) is 0 Å². The second-order valence-electron chi connectivity index (χ2n) is 4.38. The minimum atomic E-state index is -3.72. The molecule has 2 aromatic rings. The van der Waals surface area contributed by atoms with E-state index in [9.17, 15) is 13.2 Å². The van der Waals surface area contributed by atoms with E-state index in [-0.39, 0.29) is 10.7 Å². The largest absolute Gasteiger partial charge is 0.295 e. The van der Waals surface area contributed by atoms with E-state index in [1.807, 2.05) is 0 Å². The van der Waals surface area contributed by atoms with E-state index >= 15 is 0 Å². The van der Waals surface area contributed by atoms with Crippen molar-refractivity contribution in [3.05, 3.63) is 53.9 Å². The molecule has 20 heavy (non-hydrogen) atoms. The highest BCUT2D eigenvalue weighted by Gasteiger charge is 2.15. The lowest BCUT2D eigenvalue weighted by molar-refractivity contribution is 0.101. The Hall–Kier alpha value is -2.21. The number of sulfonamides is 1. The summed E-state index contributed by atoms with van der Waals surface area (Å²) in [6.45, 7) is 3.17. The van der Waals surface area contributed by atoms with Crippen molar-refractivity contribution in [2.24, 2.45) is 0 Å². The molecule has 1 N–H and O–H groups in total. The molecule has 0 amide bonds. The molecule has 0 saturated carbocycles. The molecule has 1 heterocycles. The quantitative estimate of drug-likeness (QED) is 0.877. The molecular formula is C14H14N2O3S. The monoisotopic (exact) mass is 290 g/mol. The number of hydrogen-bond donors (Lipinski definition) is 1. The van der Waals surface area contributed by atoms with Crippen LogP contribution >= 0.6 is 0 Å². The van der Waals surface area contributed by atoms with Gasteiger partial charge in [0, 0.05) is 17.5 Å². The molecule has 5 nitrogen and oxygen atoms in total. The number of nitrogens with one attached hydrogen (secondary N) is 1. The zero-order valence-corrected chi connectivity index (χ0v) is 11.9. The zero-order chi connectivity index (χ0) is 14.8. The van der Waals surface area contributed by atoms with Gasteiger partial charge in [-0.05, 0) is 38.1 Å². The third kappa shape index (κ3) is 3.21. The van der Waals surface area contributed by atoms with Gasteiger partial charge in [0.15, 0.2) is 5.78 Å². The molecule has 0 aliphatic rings. The molecule has 0 radical (unpaired) electrons. The topological polar surface area (TPSA) is 76.1 Å². The van der Waals surface area contributed by atoms with Gasteiger partial charge in [0.1, 0.15) is 0 Å². The summed E-state index contributed by atoms with van der Waals surface area (Å²) >= 11 is 0. The fourth-order valence-corrected chi connectivity index (χ4v) is 2.80. The van der Waals surface area contributed by atoms with E-state index in [0.29, 0.717) is 16.9 Å². The fourth-order valence-electron chi connectivity index (χ4n) is 1.71. The normalized spacial score (nSPS) is 11.1. The number of carbonyl (C=O) groups is 1. The molecule has 0 saturated heterocycles. The van der Waals surface area contributed by atoms with Gasteiger partial charge in [-0.2, -0.15) is 0 Å². The molecule has 0 unspecified atom stereocenters. The van der Waals surface area contributed by atoms with E-state index < -0.39 is 10.0 Å². The second-order valence-corrected chi connectivity index (χ2v) is 6.06. The third-order valence-corrected chi connectivity index (χ3v) is 4.08. The van der Waals surface area contributed by atoms with Crippen molar-refractivity contribution in [1.82, 2.24) is 4.98 Å². The number of hydrogen-bond acceptors (Lipinski definition) is 4. The van der Waals surface area contributed by atoms with Crippen LogP contribution in [0.3, 0.4) is 0 Å². The average Bonchev–Trinajstić information content (AvgIpc) is 2.38. The van der Waals surface area contributed by atoms with E-state index in [0.717, 1.165) is 0 Å². The van der Waals surface area contributed by atoms with Gasteiger partial charge < -0.3 is 0 Å². The zero-order valence-electron chi connectivity index (χ0n) is 11.1. The lowest BCUT2D eigenvalue weighted by Gasteiger charge is -2.09. The Kier molecular flexibility index (Phi) is 3.85. The highest BCUT2D eigenvalue weighted by Crippen LogP contribution is 2.17. The molecular weight excluding hydrogens is 276 g/mol. The van der Waals surface area contributed by atoms with E-state index in [1.165, 1.54) is 25.3 Å². The smallest absolute Gasteiger partial charge is 0.261 e. The molecule has 6 heteroatoms. The maximum absolute atomic E-state index is 12.2. The maximum atomic E-state index is 12.2. The third-order valence-electron chi connectivity index (χ3n) is 2.70. The van der Waals surface area contributed by atoms with Crippen molar-refractivity contribution in [3.63, 3.8) is 0 Å². The summed E-state index contributed by atoms with van der Waals surface area (Å²) in [6, 6.07) is 9.13. The minimum Gasteiger partial charge on any atom is -0.295 e. The van der Waals surface area contributed by atoms with Gasteiger partial charge in [-0.25, -0.2) is 8.42 Å². The maximum Gasteiger partial charge on any atom is 0.261 e. The van der Waals surface area contributed by atoms with Crippen LogP contribution in [0.1, 0.15) is 23.0 Å². The van der Waals surface area contributed by atoms with Gasteiger partial charge in [0.25, 0.3) is 10.0 Å². The Morgan fingerprint density at radius 2 is 1.95 bits per heavy atom. The predicted molar refractivity (Wildman–Crippen MR) is 76.2 cm³/mol. The fraction of sp³-hybridized carbons (Fsp3) is 0.143. The molecule has 2 rings (SSSR count). The van der Waals surface area contributed by atoms with Crippen LogP contribution in [0.4, 0.5) is 5.69 Å². The number of rotatable bonds is 4. The Balaban J connectivity index is 2.35. The van der Waals surface area contributed by atoms with Gasteiger partial charge in [-0.3, -0.25) is 14.5 Å². The lowest BCUT2D eigenvalue weighted by atomic mass is 10.2. The van der Waals surface area contributed by atoms with Gasteiger partial charge in [0.05, 0.1) is 10.6 Å². The highest BCUT2D eigenvalue weighted by molar-refractivity contribution is 7.92. The SMILES string of the molecule is CC(=O)c1cccc(S(=O)(=O)Nc2ccnc(C)c2)c1. The van der Waals surface area contributed by atoms with Crippen LogP contribution in [0, 0.1) is 6.92 Å². The van der Waals surface area contributed by atoms with E-state index in [2.05, 4.69) is 9.71 Å². The Morgan fingerprint density at radius 3 is 2.60 bits per heavy atom. The van der Waals surface area contributed by atoms with Gasteiger partial charge in [-0.15, -0.1) is 0 Å². The van der Waals surface area contributed by atoms with Crippen LogP contribution in [-0.4, -0.2) is 19.2 Å². The van der Waals surface area contributed by atoms with Crippen molar-refractivity contribution in [2.75, 3.05) is 4.72 Å². The number of pyridine rings is 1. The number of Topliss-reactive ketones (excluding diaryl/α,β-unsaturated/α-hetero) is 1. The Labute approximate surface area is 117 Å². The van der Waals surface area contributed by atoms with Gasteiger partial charge in [-0.1, -0.05) is 12.1 Å². The number of benzene rings is 1. The summed E-state index contributed by atoms with van der Waals surface area (Å²) in [6.07, 6.45) is 1.53. The van der Waals surface area contributed by atoms with Crippen LogP contribution in [0.15, 0.2) is 47.5 Å². The van der Waals surface area contributed by atoms with Crippen LogP contribution in [0.2, 0.25) is 0 Å². The summed E-state index contributed by atoms with van der Waals surface area (Å²) in [7, 11) is -3.72. The van der Waals surface area contributed by atoms with Gasteiger partial charge in [0.2, 0.25) is 0 Å². The predicted octanol–water partition coefficient (Wildman–Crippen LogP) is 2.39. The molecule has 104 valence electrons. The van der Waals surface area contributed by atoms with E-state index in [4.69, 9.17) is 0 Å². The average molecular weight is 290 g/mol. The standard InChI is InChI=1S/C14H14N2O3S/c1-10-8-13(6-7-15-10)16-20(18,19)14-5-3-4-12(9-14)11(2)17/h3-9H,1-2H3,(H,15,16). The molecule has 0 aliphatic heterocycles. The molecule has 1 aromatic carbocycles. The first-order chi connectivity index (χ1) is 9.38. The summed E-state index contributed by atoms with van der Waals surface area (Å²) in [5.41, 5.74) is 1.51. The summed E-state index contributed by atoms with van der Waals surface area (Å²) in [5, 5.41) is 0. The van der Waals surface area contributed by atoms with Crippen LogP contribution < -0.4 is 4.72 Å². The van der Waals surface area contributed by atoms with Crippen molar-refractivity contribution in [2.45, 2.75) is 18.7 Å². The molecule has 0 spiro atoms. The molecule has 0 aliphatic carbocycles. The summed E-state index contributed by atoms with van der Waals surface area (Å²) in [5.74, 6) is -0.179. The van der Waals surface area contributed by atoms with Crippen molar-refractivity contribution in [3.8, 4) is 0 Å². The number of aromatic nitrogens is 1. The van der Waals surface area contributed by atoms with Crippen molar-refractivity contribution >= 4 is 21.5 Å². The highest BCUT2D eigenvalue weighted by atomic mass is 32.2. The minimum absolute atomic E-state index is 0.0552. The first-order valence-corrected chi connectivity index (χ1v) is 7.43. The molecule has 0 atom stereocenters. The van der Waals surface area contributed by atoms with Crippen LogP contribution in [0.25, 0.3) is 0 Å². The number of ketones is 1. The first kappa shape index (κ1) is 14.2. The number of carbonyl (C=O) groups excluding carboxylic acids is 1. The Morgan fingerprint density at radius 1 is 1.20 bits per heavy atom. The molecule has 0 fully saturated rings. The molecule has 0 bridgehead atoms. The summed E-state index contributed by atoms with van der Waals surface area (Å²) < 4.78 is 27.0. The Bertz CT molecular complexity index is 755. The number of anilines is 1. The molecule has 1 aromatic heterocycles. The number of aryl methyl sites for hydroxylation is 1. The first-order valence-electron chi connectivity index (χ1n) is 5.95. The van der Waals surface area contributed by atoms with Crippen LogP contribution in [0.5, 0.6) is 0 Å². The van der Waals surface area contributed by atoms with Crippen LogP contribution in [-0.2, 0) is 10.0 Å². The lowest BCUT2D eigenvalue weighted by Crippen LogP contribution is -2.13. The summed E-state index contributed by atoms with van der Waals surface area (Å²) in [4.78, 5) is 15.4. The number of nitrogens with zero attached hydrogens (tertiary/aromatic N) is 1. The van der Waals surface area contributed by atoms with Crippen molar-refractivity contribution < 1.29 is 13.2 Å². The second kappa shape index (κ2) is 5.42.